The number of hydrogen-bond acceptors (Lipinski definition) is 4. The molecule has 0 radical (unpaired) electrons. The molecule has 31 heavy (non-hydrogen) atoms. The van der Waals surface area contributed by atoms with Crippen LogP contribution < -0.4 is 9.47 Å². The van der Waals surface area contributed by atoms with E-state index in [9.17, 15) is 5.26 Å². The van der Waals surface area contributed by atoms with Crippen LogP contribution >= 0.6 is 22.6 Å². The molecule has 4 aromatic rings. The number of allylic oxidation sites excluding steroid dienone is 1. The molecular formula is C25H20IN3O2. The first-order chi connectivity index (χ1) is 15.1. The summed E-state index contributed by atoms with van der Waals surface area (Å²) in [7, 11) is 1.62. The smallest absolute Gasteiger partial charge is 0.149 e. The number of imidazole rings is 1. The lowest BCUT2D eigenvalue weighted by Gasteiger charge is -2.09. The second-order valence-corrected chi connectivity index (χ2v) is 8.27. The SMILES string of the molecule is COc1ccc2nc(/C(C#N)=C\c3ccc(OCc4cccc(C)c4)c(I)c3)[nH]c2c1. The molecule has 0 aliphatic carbocycles. The van der Waals surface area contributed by atoms with Crippen LogP contribution in [0.2, 0.25) is 0 Å². The molecule has 0 unspecified atom stereocenters. The fraction of sp³-hybridized carbons (Fsp3) is 0.120. The topological polar surface area (TPSA) is 70.9 Å². The first kappa shape index (κ1) is 20.9. The van der Waals surface area contributed by atoms with Gasteiger partial charge in [-0.15, -0.1) is 0 Å². The van der Waals surface area contributed by atoms with Gasteiger partial charge in [-0.3, -0.25) is 0 Å². The standard InChI is InChI=1S/C25H20IN3O2/c1-16-4-3-5-18(10-16)15-31-24-9-6-17(12-21(24)26)11-19(14-27)25-28-22-8-7-20(30-2)13-23(22)29-25/h3-13H,15H2,1-2H3,(H,28,29)/b19-11-. The van der Waals surface area contributed by atoms with E-state index in [0.717, 1.165) is 37.2 Å². The fourth-order valence-corrected chi connectivity index (χ4v) is 3.95. The number of aryl methyl sites for hydroxylation is 1. The highest BCUT2D eigenvalue weighted by Crippen LogP contribution is 2.26. The van der Waals surface area contributed by atoms with Gasteiger partial charge in [-0.2, -0.15) is 5.26 Å². The predicted octanol–water partition coefficient (Wildman–Crippen LogP) is 6.13. The van der Waals surface area contributed by atoms with E-state index in [-0.39, 0.29) is 0 Å². The lowest BCUT2D eigenvalue weighted by Crippen LogP contribution is -1.97. The molecule has 3 aromatic carbocycles. The number of aromatic amines is 1. The number of nitrogens with one attached hydrogen (secondary N) is 1. The number of rotatable bonds is 6. The second kappa shape index (κ2) is 9.23. The monoisotopic (exact) mass is 521 g/mol. The van der Waals surface area contributed by atoms with Crippen LogP contribution in [-0.2, 0) is 6.61 Å². The number of aromatic nitrogens is 2. The van der Waals surface area contributed by atoms with Gasteiger partial charge in [0.25, 0.3) is 0 Å². The van der Waals surface area contributed by atoms with Gasteiger partial charge in [0.15, 0.2) is 0 Å². The first-order valence-corrected chi connectivity index (χ1v) is 10.8. The molecular weight excluding hydrogens is 501 g/mol. The highest BCUT2D eigenvalue weighted by Gasteiger charge is 2.10. The molecule has 0 fully saturated rings. The zero-order chi connectivity index (χ0) is 21.8. The number of halogens is 1. The van der Waals surface area contributed by atoms with Crippen LogP contribution in [0.5, 0.6) is 11.5 Å². The zero-order valence-electron chi connectivity index (χ0n) is 17.1. The van der Waals surface area contributed by atoms with Crippen molar-refractivity contribution in [1.29, 1.82) is 5.26 Å². The Balaban J connectivity index is 1.55. The summed E-state index contributed by atoms with van der Waals surface area (Å²) in [5, 5.41) is 9.69. The van der Waals surface area contributed by atoms with Gasteiger partial charge >= 0.3 is 0 Å². The molecule has 1 N–H and O–H groups in total. The third-order valence-corrected chi connectivity index (χ3v) is 5.65. The van der Waals surface area contributed by atoms with Crippen molar-refractivity contribution in [3.8, 4) is 17.6 Å². The lowest BCUT2D eigenvalue weighted by molar-refractivity contribution is 0.304. The molecule has 0 bridgehead atoms. The van der Waals surface area contributed by atoms with E-state index in [0.29, 0.717) is 18.0 Å². The van der Waals surface area contributed by atoms with Crippen molar-refractivity contribution in [2.24, 2.45) is 0 Å². The number of methoxy groups -OCH3 is 1. The molecule has 0 saturated heterocycles. The highest BCUT2D eigenvalue weighted by molar-refractivity contribution is 14.1. The van der Waals surface area contributed by atoms with Gasteiger partial charge in [0.1, 0.15) is 30.0 Å². The quantitative estimate of drug-likeness (QED) is 0.245. The van der Waals surface area contributed by atoms with E-state index < -0.39 is 0 Å². The minimum Gasteiger partial charge on any atom is -0.497 e. The van der Waals surface area contributed by atoms with Gasteiger partial charge in [0.2, 0.25) is 0 Å². The van der Waals surface area contributed by atoms with Gasteiger partial charge in [-0.25, -0.2) is 4.98 Å². The minimum atomic E-state index is 0.458. The third-order valence-electron chi connectivity index (χ3n) is 4.81. The van der Waals surface area contributed by atoms with Crippen LogP contribution in [-0.4, -0.2) is 17.1 Å². The number of benzene rings is 3. The largest absolute Gasteiger partial charge is 0.497 e. The fourth-order valence-electron chi connectivity index (χ4n) is 3.25. The van der Waals surface area contributed by atoms with E-state index in [2.05, 4.69) is 63.8 Å². The summed E-state index contributed by atoms with van der Waals surface area (Å²) in [5.74, 6) is 2.08. The summed E-state index contributed by atoms with van der Waals surface area (Å²) in [4.78, 5) is 7.74. The van der Waals surface area contributed by atoms with Crippen LogP contribution in [0.3, 0.4) is 0 Å². The molecule has 1 heterocycles. The predicted molar refractivity (Wildman–Crippen MR) is 131 cm³/mol. The zero-order valence-corrected chi connectivity index (χ0v) is 19.3. The van der Waals surface area contributed by atoms with E-state index in [1.54, 1.807) is 7.11 Å². The van der Waals surface area contributed by atoms with Crippen molar-refractivity contribution < 1.29 is 9.47 Å². The van der Waals surface area contributed by atoms with Gasteiger partial charge in [0.05, 0.1) is 27.3 Å². The van der Waals surface area contributed by atoms with Crippen molar-refractivity contribution >= 4 is 45.3 Å². The Bertz CT molecular complexity index is 1320. The summed E-state index contributed by atoms with van der Waals surface area (Å²) in [6, 6.07) is 22.0. The Labute approximate surface area is 194 Å². The second-order valence-electron chi connectivity index (χ2n) is 7.11. The lowest BCUT2D eigenvalue weighted by atomic mass is 10.1. The highest BCUT2D eigenvalue weighted by atomic mass is 127. The Hall–Kier alpha value is -3.31. The first-order valence-electron chi connectivity index (χ1n) is 9.69. The average molecular weight is 521 g/mol. The Morgan fingerprint density at radius 1 is 1.16 bits per heavy atom. The summed E-state index contributed by atoms with van der Waals surface area (Å²) in [6.45, 7) is 2.58. The van der Waals surface area contributed by atoms with Gasteiger partial charge < -0.3 is 14.5 Å². The Morgan fingerprint density at radius 2 is 2.03 bits per heavy atom. The van der Waals surface area contributed by atoms with Gasteiger partial charge in [-0.1, -0.05) is 35.9 Å². The Morgan fingerprint density at radius 3 is 2.77 bits per heavy atom. The van der Waals surface area contributed by atoms with Crippen LogP contribution in [0.15, 0.2) is 60.7 Å². The van der Waals surface area contributed by atoms with Crippen LogP contribution in [0.25, 0.3) is 22.7 Å². The number of ether oxygens (including phenoxy) is 2. The molecule has 0 aliphatic heterocycles. The van der Waals surface area contributed by atoms with Gasteiger partial charge in [-0.05, 0) is 71.0 Å². The van der Waals surface area contributed by atoms with E-state index in [1.807, 2.05) is 48.5 Å². The molecule has 154 valence electrons. The van der Waals surface area contributed by atoms with Crippen LogP contribution in [0.4, 0.5) is 0 Å². The number of H-pyrrole nitrogens is 1. The average Bonchev–Trinajstić information content (AvgIpc) is 3.20. The van der Waals surface area contributed by atoms with E-state index in [1.165, 1.54) is 5.56 Å². The summed E-state index contributed by atoms with van der Waals surface area (Å²) in [5.41, 5.74) is 5.31. The Kier molecular flexibility index (Phi) is 6.23. The number of hydrogen-bond donors (Lipinski definition) is 1. The maximum absolute atomic E-state index is 9.69. The number of nitrogens with zero attached hydrogens (tertiary/aromatic N) is 2. The van der Waals surface area contributed by atoms with Crippen molar-refractivity contribution in [2.75, 3.05) is 7.11 Å². The molecule has 5 nitrogen and oxygen atoms in total. The molecule has 0 spiro atoms. The summed E-state index contributed by atoms with van der Waals surface area (Å²) >= 11 is 2.25. The summed E-state index contributed by atoms with van der Waals surface area (Å²) < 4.78 is 12.2. The normalized spacial score (nSPS) is 11.4. The van der Waals surface area contributed by atoms with Crippen molar-refractivity contribution in [1.82, 2.24) is 9.97 Å². The third kappa shape index (κ3) is 4.89. The maximum Gasteiger partial charge on any atom is 0.149 e. The molecule has 0 aliphatic rings. The minimum absolute atomic E-state index is 0.458. The molecule has 1 aromatic heterocycles. The van der Waals surface area contributed by atoms with Crippen molar-refractivity contribution in [3.63, 3.8) is 0 Å². The maximum atomic E-state index is 9.69. The van der Waals surface area contributed by atoms with E-state index >= 15 is 0 Å². The van der Waals surface area contributed by atoms with Crippen molar-refractivity contribution in [3.05, 3.63) is 86.7 Å². The van der Waals surface area contributed by atoms with Crippen molar-refractivity contribution in [2.45, 2.75) is 13.5 Å². The molecule has 0 saturated carbocycles. The van der Waals surface area contributed by atoms with Crippen LogP contribution in [0.1, 0.15) is 22.5 Å². The van der Waals surface area contributed by atoms with Crippen LogP contribution in [0, 0.1) is 21.8 Å². The molecule has 6 heteroatoms. The summed E-state index contributed by atoms with van der Waals surface area (Å²) in [6.07, 6.45) is 1.82. The number of nitriles is 1. The molecule has 4 rings (SSSR count). The molecule has 0 amide bonds. The molecule has 0 atom stereocenters. The van der Waals surface area contributed by atoms with E-state index in [4.69, 9.17) is 9.47 Å². The number of fused-ring (bicyclic) bond motifs is 1. The van der Waals surface area contributed by atoms with Gasteiger partial charge in [0, 0.05) is 6.07 Å².